The molecule has 8 heteroatoms. The molecular formula is C18H28O8. The molecule has 0 aromatic carbocycles. The van der Waals surface area contributed by atoms with E-state index in [1.165, 1.54) is 20.8 Å². The molecule has 1 heterocycles. The molecule has 2 aliphatic rings. The van der Waals surface area contributed by atoms with Crippen LogP contribution in [0.2, 0.25) is 0 Å². The summed E-state index contributed by atoms with van der Waals surface area (Å²) < 4.78 is 28.2. The van der Waals surface area contributed by atoms with Crippen molar-refractivity contribution in [1.82, 2.24) is 0 Å². The average Bonchev–Trinajstić information content (AvgIpc) is 2.80. The van der Waals surface area contributed by atoms with Gasteiger partial charge in [0.15, 0.2) is 11.9 Å². The standard InChI is InChI=1S/C18H28O8/c1-10(19)22-9-13-7-6-8-14(23-11(2)20)16(24-12(3)21)17-15(13)25-18(4,5)26-17/h13-17H,6-9H2,1-5H3. The third-order valence-corrected chi connectivity index (χ3v) is 4.50. The summed E-state index contributed by atoms with van der Waals surface area (Å²) in [6, 6.07) is 0. The summed E-state index contributed by atoms with van der Waals surface area (Å²) in [6.45, 7) is 7.71. The third-order valence-electron chi connectivity index (χ3n) is 4.50. The quantitative estimate of drug-likeness (QED) is 0.544. The fraction of sp³-hybridized carbons (Fsp3) is 0.833. The summed E-state index contributed by atoms with van der Waals surface area (Å²) in [4.78, 5) is 34.4. The molecule has 5 atom stereocenters. The van der Waals surface area contributed by atoms with E-state index in [-0.39, 0.29) is 18.5 Å². The van der Waals surface area contributed by atoms with E-state index in [0.29, 0.717) is 19.3 Å². The van der Waals surface area contributed by atoms with E-state index in [2.05, 4.69) is 0 Å². The Morgan fingerprint density at radius 1 is 0.923 bits per heavy atom. The van der Waals surface area contributed by atoms with E-state index in [1.54, 1.807) is 13.8 Å². The molecule has 0 aromatic rings. The number of esters is 3. The van der Waals surface area contributed by atoms with Crippen LogP contribution in [-0.4, -0.2) is 54.7 Å². The van der Waals surface area contributed by atoms with Crippen molar-refractivity contribution in [2.45, 2.75) is 84.1 Å². The van der Waals surface area contributed by atoms with Gasteiger partial charge in [0.05, 0.1) is 12.7 Å². The van der Waals surface area contributed by atoms with Gasteiger partial charge < -0.3 is 23.7 Å². The number of carbonyl (C=O) groups excluding carboxylic acids is 3. The van der Waals surface area contributed by atoms with Crippen LogP contribution in [0, 0.1) is 5.92 Å². The minimum absolute atomic E-state index is 0.109. The van der Waals surface area contributed by atoms with Crippen molar-refractivity contribution in [2.75, 3.05) is 6.61 Å². The highest BCUT2D eigenvalue weighted by Gasteiger charge is 2.53. The molecule has 5 unspecified atom stereocenters. The SMILES string of the molecule is CC(=O)OCC1CCCC(OC(C)=O)C(OC(C)=O)C2OC(C)(C)OC12. The van der Waals surface area contributed by atoms with Gasteiger partial charge in [0.25, 0.3) is 0 Å². The Hall–Kier alpha value is -1.67. The Labute approximate surface area is 153 Å². The van der Waals surface area contributed by atoms with E-state index in [9.17, 15) is 14.4 Å². The fourth-order valence-electron chi connectivity index (χ4n) is 3.63. The van der Waals surface area contributed by atoms with E-state index >= 15 is 0 Å². The lowest BCUT2D eigenvalue weighted by Gasteiger charge is -2.36. The molecule has 2 fully saturated rings. The summed E-state index contributed by atoms with van der Waals surface area (Å²) >= 11 is 0. The van der Waals surface area contributed by atoms with E-state index in [1.807, 2.05) is 0 Å². The minimum Gasteiger partial charge on any atom is -0.465 e. The highest BCUT2D eigenvalue weighted by atomic mass is 16.8. The van der Waals surface area contributed by atoms with Gasteiger partial charge in [-0.15, -0.1) is 0 Å². The zero-order valence-corrected chi connectivity index (χ0v) is 16.0. The fourth-order valence-corrected chi connectivity index (χ4v) is 3.63. The second-order valence-corrected chi connectivity index (χ2v) is 7.28. The van der Waals surface area contributed by atoms with Gasteiger partial charge in [-0.05, 0) is 33.1 Å². The van der Waals surface area contributed by atoms with Crippen LogP contribution in [0.1, 0.15) is 53.9 Å². The molecule has 1 aliphatic heterocycles. The van der Waals surface area contributed by atoms with Crippen LogP contribution in [0.4, 0.5) is 0 Å². The monoisotopic (exact) mass is 372 g/mol. The number of hydrogen-bond donors (Lipinski definition) is 0. The van der Waals surface area contributed by atoms with Crippen LogP contribution >= 0.6 is 0 Å². The molecule has 2 rings (SSSR count). The Kier molecular flexibility index (Phi) is 6.63. The molecule has 148 valence electrons. The van der Waals surface area contributed by atoms with Crippen LogP contribution in [0.3, 0.4) is 0 Å². The summed E-state index contributed by atoms with van der Waals surface area (Å²) in [7, 11) is 0. The maximum atomic E-state index is 11.7. The zero-order valence-electron chi connectivity index (χ0n) is 16.0. The lowest BCUT2D eigenvalue weighted by Crippen LogP contribution is -2.51. The topological polar surface area (TPSA) is 97.4 Å². The first kappa shape index (κ1) is 20.6. The van der Waals surface area contributed by atoms with Crippen molar-refractivity contribution in [3.05, 3.63) is 0 Å². The van der Waals surface area contributed by atoms with E-state index in [4.69, 9.17) is 23.7 Å². The van der Waals surface area contributed by atoms with Gasteiger partial charge in [0.1, 0.15) is 12.2 Å². The van der Waals surface area contributed by atoms with Crippen molar-refractivity contribution in [3.8, 4) is 0 Å². The summed E-state index contributed by atoms with van der Waals surface area (Å²) in [5.74, 6) is -2.30. The van der Waals surface area contributed by atoms with Crippen molar-refractivity contribution >= 4 is 17.9 Å². The Morgan fingerprint density at radius 3 is 2.12 bits per heavy atom. The first-order chi connectivity index (χ1) is 12.1. The summed E-state index contributed by atoms with van der Waals surface area (Å²) in [6.07, 6.45) is -0.556. The van der Waals surface area contributed by atoms with E-state index in [0.717, 1.165) is 0 Å². The molecule has 0 N–H and O–H groups in total. The van der Waals surface area contributed by atoms with Crippen LogP contribution < -0.4 is 0 Å². The molecule has 26 heavy (non-hydrogen) atoms. The molecule has 0 spiro atoms. The van der Waals surface area contributed by atoms with Crippen LogP contribution in [-0.2, 0) is 38.1 Å². The van der Waals surface area contributed by atoms with Crippen LogP contribution in [0.5, 0.6) is 0 Å². The van der Waals surface area contributed by atoms with Crippen molar-refractivity contribution < 1.29 is 38.1 Å². The summed E-state index contributed by atoms with van der Waals surface area (Å²) in [5, 5.41) is 0. The maximum absolute atomic E-state index is 11.7. The number of carbonyl (C=O) groups is 3. The van der Waals surface area contributed by atoms with Gasteiger partial charge in [-0.25, -0.2) is 0 Å². The normalized spacial score (nSPS) is 33.3. The van der Waals surface area contributed by atoms with Gasteiger partial charge >= 0.3 is 17.9 Å². The predicted molar refractivity (Wildman–Crippen MR) is 88.9 cm³/mol. The molecule has 8 nitrogen and oxygen atoms in total. The Morgan fingerprint density at radius 2 is 1.54 bits per heavy atom. The molecule has 1 aliphatic carbocycles. The number of fused-ring (bicyclic) bond motifs is 1. The van der Waals surface area contributed by atoms with Crippen molar-refractivity contribution in [1.29, 1.82) is 0 Å². The highest BCUT2D eigenvalue weighted by molar-refractivity contribution is 5.67. The van der Waals surface area contributed by atoms with E-state index < -0.39 is 42.1 Å². The number of hydrogen-bond acceptors (Lipinski definition) is 8. The maximum Gasteiger partial charge on any atom is 0.303 e. The van der Waals surface area contributed by atoms with Gasteiger partial charge in [-0.2, -0.15) is 0 Å². The molecule has 0 amide bonds. The summed E-state index contributed by atoms with van der Waals surface area (Å²) in [5.41, 5.74) is 0. The Balaban J connectivity index is 2.30. The second kappa shape index (κ2) is 8.35. The lowest BCUT2D eigenvalue weighted by atomic mass is 9.84. The molecule has 0 aromatic heterocycles. The average molecular weight is 372 g/mol. The van der Waals surface area contributed by atoms with Gasteiger partial charge in [0, 0.05) is 26.7 Å². The minimum atomic E-state index is -0.896. The van der Waals surface area contributed by atoms with Crippen LogP contribution in [0.15, 0.2) is 0 Å². The van der Waals surface area contributed by atoms with Crippen molar-refractivity contribution in [3.63, 3.8) is 0 Å². The first-order valence-electron chi connectivity index (χ1n) is 8.92. The molecule has 1 saturated heterocycles. The van der Waals surface area contributed by atoms with Gasteiger partial charge in [-0.3, -0.25) is 14.4 Å². The second-order valence-electron chi connectivity index (χ2n) is 7.28. The van der Waals surface area contributed by atoms with Gasteiger partial charge in [-0.1, -0.05) is 0 Å². The zero-order chi connectivity index (χ0) is 19.5. The highest BCUT2D eigenvalue weighted by Crippen LogP contribution is 2.40. The first-order valence-corrected chi connectivity index (χ1v) is 8.92. The Bertz CT molecular complexity index is 543. The van der Waals surface area contributed by atoms with Gasteiger partial charge in [0.2, 0.25) is 0 Å². The van der Waals surface area contributed by atoms with Crippen LogP contribution in [0.25, 0.3) is 0 Å². The molecule has 0 bridgehead atoms. The lowest BCUT2D eigenvalue weighted by molar-refractivity contribution is -0.189. The molecule has 1 saturated carbocycles. The largest absolute Gasteiger partial charge is 0.465 e. The molecular weight excluding hydrogens is 344 g/mol. The number of rotatable bonds is 4. The predicted octanol–water partition coefficient (Wildman–Crippen LogP) is 1.73. The molecule has 0 radical (unpaired) electrons. The number of ether oxygens (including phenoxy) is 5. The van der Waals surface area contributed by atoms with Crippen molar-refractivity contribution in [2.24, 2.45) is 5.92 Å². The smallest absolute Gasteiger partial charge is 0.303 e. The third kappa shape index (κ3) is 5.41.